The number of aryl methyl sites for hydroxylation is 2. The highest BCUT2D eigenvalue weighted by Gasteiger charge is 2.18. The van der Waals surface area contributed by atoms with E-state index in [2.05, 4.69) is 9.97 Å². The van der Waals surface area contributed by atoms with Gasteiger partial charge in [-0.15, -0.1) is 0 Å². The third kappa shape index (κ3) is 2.47. The molecule has 0 aromatic carbocycles. The molecule has 0 amide bonds. The maximum atomic E-state index is 12.4. The predicted molar refractivity (Wildman–Crippen MR) is 68.2 cm³/mol. The molecule has 1 aromatic heterocycles. The second-order valence-corrected chi connectivity index (χ2v) is 4.26. The van der Waals surface area contributed by atoms with E-state index >= 15 is 0 Å². The Morgan fingerprint density at radius 3 is 2.83 bits per heavy atom. The number of hydrogen-bond acceptors (Lipinski definition) is 4. The summed E-state index contributed by atoms with van der Waals surface area (Å²) in [7, 11) is 1.61. The standard InChI is InChI=1S/C14H16N2O2/c1-9-13(8-15-10(2)16-9)14(17)11-5-4-6-12(7-11)18-3/h6-8H,4-5H2,1-3H3. The molecule has 4 nitrogen and oxygen atoms in total. The van der Waals surface area contributed by atoms with Gasteiger partial charge in [-0.3, -0.25) is 4.79 Å². The van der Waals surface area contributed by atoms with Crippen molar-refractivity contribution in [2.24, 2.45) is 0 Å². The first-order valence-electron chi connectivity index (χ1n) is 5.91. The number of allylic oxidation sites excluding steroid dienone is 3. The molecule has 0 N–H and O–H groups in total. The van der Waals surface area contributed by atoms with E-state index in [1.54, 1.807) is 19.4 Å². The second-order valence-electron chi connectivity index (χ2n) is 4.26. The summed E-state index contributed by atoms with van der Waals surface area (Å²) < 4.78 is 5.16. The summed E-state index contributed by atoms with van der Waals surface area (Å²) in [5.41, 5.74) is 2.05. The maximum Gasteiger partial charge on any atom is 0.192 e. The minimum Gasteiger partial charge on any atom is -0.497 e. The van der Waals surface area contributed by atoms with Gasteiger partial charge in [-0.1, -0.05) is 0 Å². The van der Waals surface area contributed by atoms with E-state index in [9.17, 15) is 4.79 Å². The molecule has 18 heavy (non-hydrogen) atoms. The Bertz CT molecular complexity index is 545. The van der Waals surface area contributed by atoms with Gasteiger partial charge in [0.05, 0.1) is 18.4 Å². The van der Waals surface area contributed by atoms with Crippen LogP contribution in [-0.2, 0) is 4.74 Å². The molecule has 0 unspecified atom stereocenters. The summed E-state index contributed by atoms with van der Waals surface area (Å²) >= 11 is 0. The van der Waals surface area contributed by atoms with E-state index in [0.29, 0.717) is 11.4 Å². The zero-order valence-corrected chi connectivity index (χ0v) is 10.9. The fourth-order valence-electron chi connectivity index (χ4n) is 1.97. The largest absolute Gasteiger partial charge is 0.497 e. The minimum atomic E-state index is -0.00449. The third-order valence-electron chi connectivity index (χ3n) is 2.95. The van der Waals surface area contributed by atoms with Gasteiger partial charge in [-0.05, 0) is 38.8 Å². The number of carbonyl (C=O) groups is 1. The van der Waals surface area contributed by atoms with Crippen molar-refractivity contribution in [1.82, 2.24) is 9.97 Å². The Balaban J connectivity index is 2.32. The van der Waals surface area contributed by atoms with Gasteiger partial charge >= 0.3 is 0 Å². The summed E-state index contributed by atoms with van der Waals surface area (Å²) in [6.07, 6.45) is 6.94. The fraction of sp³-hybridized carbons (Fsp3) is 0.357. The summed E-state index contributed by atoms with van der Waals surface area (Å²) in [5.74, 6) is 1.42. The number of ketones is 1. The van der Waals surface area contributed by atoms with Gasteiger partial charge in [-0.2, -0.15) is 0 Å². The number of nitrogens with zero attached hydrogens (tertiary/aromatic N) is 2. The van der Waals surface area contributed by atoms with Crippen LogP contribution in [-0.4, -0.2) is 22.9 Å². The molecule has 0 radical (unpaired) electrons. The smallest absolute Gasteiger partial charge is 0.192 e. The van der Waals surface area contributed by atoms with Gasteiger partial charge in [-0.25, -0.2) is 9.97 Å². The van der Waals surface area contributed by atoms with Gasteiger partial charge in [0.2, 0.25) is 0 Å². The fourth-order valence-corrected chi connectivity index (χ4v) is 1.97. The predicted octanol–water partition coefficient (Wildman–Crippen LogP) is 2.53. The Morgan fingerprint density at radius 1 is 1.39 bits per heavy atom. The van der Waals surface area contributed by atoms with Crippen molar-refractivity contribution in [3.05, 3.63) is 46.8 Å². The summed E-state index contributed by atoms with van der Waals surface area (Å²) in [6.45, 7) is 3.64. The molecule has 0 bridgehead atoms. The highest BCUT2D eigenvalue weighted by molar-refractivity contribution is 6.09. The first-order chi connectivity index (χ1) is 8.61. The molecule has 94 valence electrons. The molecule has 1 aliphatic rings. The molecule has 0 atom stereocenters. The molecule has 0 saturated carbocycles. The lowest BCUT2D eigenvalue weighted by molar-refractivity contribution is 0.102. The first kappa shape index (κ1) is 12.5. The van der Waals surface area contributed by atoms with Crippen LogP contribution in [0.2, 0.25) is 0 Å². The lowest BCUT2D eigenvalue weighted by Crippen LogP contribution is -2.10. The lowest BCUT2D eigenvalue weighted by Gasteiger charge is -2.13. The van der Waals surface area contributed by atoms with Crippen molar-refractivity contribution < 1.29 is 9.53 Å². The van der Waals surface area contributed by atoms with E-state index in [0.717, 1.165) is 29.9 Å². The number of carbonyl (C=O) groups excluding carboxylic acids is 1. The van der Waals surface area contributed by atoms with Crippen molar-refractivity contribution in [2.75, 3.05) is 7.11 Å². The van der Waals surface area contributed by atoms with E-state index in [-0.39, 0.29) is 5.78 Å². The van der Waals surface area contributed by atoms with Crippen LogP contribution in [0.15, 0.2) is 29.7 Å². The molecule has 0 fully saturated rings. The van der Waals surface area contributed by atoms with E-state index < -0.39 is 0 Å². The monoisotopic (exact) mass is 244 g/mol. The molecule has 0 saturated heterocycles. The quantitative estimate of drug-likeness (QED) is 0.767. The molecular weight excluding hydrogens is 228 g/mol. The zero-order chi connectivity index (χ0) is 13.1. The maximum absolute atomic E-state index is 12.4. The van der Waals surface area contributed by atoms with E-state index in [1.807, 2.05) is 19.9 Å². The molecule has 1 aromatic rings. The number of aromatic nitrogens is 2. The number of methoxy groups -OCH3 is 1. The zero-order valence-electron chi connectivity index (χ0n) is 10.9. The Kier molecular flexibility index (Phi) is 3.55. The first-order valence-corrected chi connectivity index (χ1v) is 5.91. The molecule has 0 aliphatic heterocycles. The molecule has 1 heterocycles. The third-order valence-corrected chi connectivity index (χ3v) is 2.95. The highest BCUT2D eigenvalue weighted by Crippen LogP contribution is 2.22. The van der Waals surface area contributed by atoms with Crippen LogP contribution in [0.4, 0.5) is 0 Å². The van der Waals surface area contributed by atoms with Crippen LogP contribution in [0.5, 0.6) is 0 Å². The minimum absolute atomic E-state index is 0.00449. The van der Waals surface area contributed by atoms with Crippen LogP contribution in [0, 0.1) is 13.8 Å². The van der Waals surface area contributed by atoms with Crippen LogP contribution in [0.3, 0.4) is 0 Å². The van der Waals surface area contributed by atoms with Gasteiger partial charge in [0.1, 0.15) is 11.6 Å². The van der Waals surface area contributed by atoms with Gasteiger partial charge in [0.25, 0.3) is 0 Å². The lowest BCUT2D eigenvalue weighted by atomic mass is 9.96. The molecule has 2 rings (SSSR count). The van der Waals surface area contributed by atoms with Crippen LogP contribution >= 0.6 is 0 Å². The Morgan fingerprint density at radius 2 is 2.17 bits per heavy atom. The number of hydrogen-bond donors (Lipinski definition) is 0. The number of Topliss-reactive ketones (excluding diaryl/α,β-unsaturated/α-hetero) is 1. The van der Waals surface area contributed by atoms with Crippen molar-refractivity contribution in [1.29, 1.82) is 0 Å². The van der Waals surface area contributed by atoms with Crippen LogP contribution in [0.25, 0.3) is 0 Å². The Hall–Kier alpha value is -1.97. The van der Waals surface area contributed by atoms with Crippen molar-refractivity contribution >= 4 is 5.78 Å². The van der Waals surface area contributed by atoms with Gasteiger partial charge in [0.15, 0.2) is 5.78 Å². The normalized spacial score (nSPS) is 14.8. The van der Waals surface area contributed by atoms with Crippen molar-refractivity contribution in [2.45, 2.75) is 26.7 Å². The highest BCUT2D eigenvalue weighted by atomic mass is 16.5. The van der Waals surface area contributed by atoms with E-state index in [1.165, 1.54) is 0 Å². The molecule has 0 spiro atoms. The number of rotatable bonds is 3. The molecule has 1 aliphatic carbocycles. The summed E-state index contributed by atoms with van der Waals surface area (Å²) in [6, 6.07) is 0. The van der Waals surface area contributed by atoms with Crippen molar-refractivity contribution in [3.63, 3.8) is 0 Å². The second kappa shape index (κ2) is 5.12. The van der Waals surface area contributed by atoms with Gasteiger partial charge < -0.3 is 4.74 Å². The van der Waals surface area contributed by atoms with E-state index in [4.69, 9.17) is 4.74 Å². The molecule has 4 heteroatoms. The van der Waals surface area contributed by atoms with Crippen molar-refractivity contribution in [3.8, 4) is 0 Å². The summed E-state index contributed by atoms with van der Waals surface area (Å²) in [5, 5.41) is 0. The average molecular weight is 244 g/mol. The number of ether oxygens (including phenoxy) is 1. The summed E-state index contributed by atoms with van der Waals surface area (Å²) in [4.78, 5) is 20.7. The molecular formula is C14H16N2O2. The van der Waals surface area contributed by atoms with Crippen LogP contribution < -0.4 is 0 Å². The Labute approximate surface area is 106 Å². The SMILES string of the molecule is COC1=CCCC(C(=O)c2cnc(C)nc2C)=C1. The van der Waals surface area contributed by atoms with Gasteiger partial charge in [0, 0.05) is 11.8 Å². The van der Waals surface area contributed by atoms with Crippen LogP contribution in [0.1, 0.15) is 34.7 Å². The topological polar surface area (TPSA) is 52.1 Å². The average Bonchev–Trinajstić information content (AvgIpc) is 2.38.